The van der Waals surface area contributed by atoms with Gasteiger partial charge in [0.25, 0.3) is 0 Å². The van der Waals surface area contributed by atoms with Crippen LogP contribution < -0.4 is 0 Å². The Morgan fingerprint density at radius 3 is 2.42 bits per heavy atom. The Hall–Kier alpha value is -0.0800. The van der Waals surface area contributed by atoms with Gasteiger partial charge in [0.15, 0.2) is 0 Å². The number of aliphatic hydroxyl groups excluding tert-OH is 1. The van der Waals surface area contributed by atoms with Gasteiger partial charge in [-0.2, -0.15) is 0 Å². The van der Waals surface area contributed by atoms with Crippen molar-refractivity contribution in [3.8, 4) is 0 Å². The van der Waals surface area contributed by atoms with Crippen LogP contribution in [0.2, 0.25) is 0 Å². The number of hydrogen-bond acceptors (Lipinski definition) is 2. The van der Waals surface area contributed by atoms with Crippen molar-refractivity contribution in [3.05, 3.63) is 6.92 Å². The van der Waals surface area contributed by atoms with Crippen LogP contribution in [0.3, 0.4) is 0 Å². The monoisotopic (exact) mass is 172 g/mol. The van der Waals surface area contributed by atoms with E-state index in [1.54, 1.807) is 0 Å². The maximum atomic E-state index is 8.72. The minimum absolute atomic E-state index is 0.281. The van der Waals surface area contributed by atoms with Crippen molar-refractivity contribution < 1.29 is 5.11 Å². The maximum absolute atomic E-state index is 8.72. The first kappa shape index (κ1) is 11.9. The van der Waals surface area contributed by atoms with E-state index in [4.69, 9.17) is 5.11 Å². The zero-order valence-electron chi connectivity index (χ0n) is 8.26. The van der Waals surface area contributed by atoms with E-state index in [9.17, 15) is 0 Å². The highest BCUT2D eigenvalue weighted by Crippen LogP contribution is 2.00. The summed E-state index contributed by atoms with van der Waals surface area (Å²) in [7, 11) is 0. The summed E-state index contributed by atoms with van der Waals surface area (Å²) in [6, 6.07) is 0. The summed E-state index contributed by atoms with van der Waals surface area (Å²) in [5.41, 5.74) is 0. The minimum Gasteiger partial charge on any atom is -0.395 e. The highest BCUT2D eigenvalue weighted by molar-refractivity contribution is 4.54. The molecule has 0 aromatic carbocycles. The Balaban J connectivity index is 3.19. The molecule has 0 aliphatic rings. The van der Waals surface area contributed by atoms with Gasteiger partial charge in [-0.1, -0.05) is 33.1 Å². The molecule has 0 saturated heterocycles. The van der Waals surface area contributed by atoms with Crippen molar-refractivity contribution in [2.75, 3.05) is 26.2 Å². The third kappa shape index (κ3) is 6.62. The zero-order valence-corrected chi connectivity index (χ0v) is 8.26. The second kappa shape index (κ2) is 9.01. The van der Waals surface area contributed by atoms with Gasteiger partial charge in [-0.3, -0.25) is 0 Å². The van der Waals surface area contributed by atoms with Crippen LogP contribution in [0.25, 0.3) is 0 Å². The number of aliphatic hydroxyl groups is 1. The largest absolute Gasteiger partial charge is 0.395 e. The molecule has 0 aliphatic heterocycles. The topological polar surface area (TPSA) is 23.5 Å². The smallest absolute Gasteiger partial charge is 0.0558 e. The Morgan fingerprint density at radius 1 is 1.17 bits per heavy atom. The number of hydrogen-bond donors (Lipinski definition) is 1. The molecule has 2 heteroatoms. The van der Waals surface area contributed by atoms with Gasteiger partial charge in [-0.25, -0.2) is 0 Å². The molecule has 2 nitrogen and oxygen atoms in total. The average Bonchev–Trinajstić information content (AvgIpc) is 2.10. The summed E-state index contributed by atoms with van der Waals surface area (Å²) in [6.07, 6.45) is 4.79. The van der Waals surface area contributed by atoms with Crippen molar-refractivity contribution >= 4 is 0 Å². The lowest BCUT2D eigenvalue weighted by Gasteiger charge is -2.18. The van der Waals surface area contributed by atoms with Gasteiger partial charge < -0.3 is 10.0 Å². The van der Waals surface area contributed by atoms with Gasteiger partial charge in [-0.15, -0.1) is 0 Å². The second-order valence-corrected chi connectivity index (χ2v) is 3.07. The predicted octanol–water partition coefficient (Wildman–Crippen LogP) is 1.70. The van der Waals surface area contributed by atoms with E-state index in [1.807, 2.05) is 0 Å². The van der Waals surface area contributed by atoms with Crippen LogP contribution >= 0.6 is 0 Å². The second-order valence-electron chi connectivity index (χ2n) is 3.07. The highest BCUT2D eigenvalue weighted by atomic mass is 16.3. The molecule has 0 aliphatic carbocycles. The molecule has 0 fully saturated rings. The fourth-order valence-corrected chi connectivity index (χ4v) is 1.26. The molecule has 0 bridgehead atoms. The van der Waals surface area contributed by atoms with Crippen molar-refractivity contribution in [2.24, 2.45) is 0 Å². The van der Waals surface area contributed by atoms with Crippen LogP contribution in [-0.2, 0) is 0 Å². The molecule has 0 heterocycles. The summed E-state index contributed by atoms with van der Waals surface area (Å²) in [4.78, 5) is 2.28. The molecule has 0 rings (SSSR count). The molecular weight excluding hydrogens is 150 g/mol. The Morgan fingerprint density at radius 2 is 1.92 bits per heavy atom. The Bertz CT molecular complexity index is 85.9. The summed E-state index contributed by atoms with van der Waals surface area (Å²) >= 11 is 0. The molecule has 73 valence electrons. The summed E-state index contributed by atoms with van der Waals surface area (Å²) in [5.74, 6) is 0. The number of rotatable bonds is 8. The van der Waals surface area contributed by atoms with E-state index in [1.165, 1.54) is 19.3 Å². The molecule has 1 radical (unpaired) electrons. The number of unbranched alkanes of at least 4 members (excludes halogenated alkanes) is 3. The lowest BCUT2D eigenvalue weighted by atomic mass is 10.2. The molecule has 12 heavy (non-hydrogen) atoms. The van der Waals surface area contributed by atoms with Gasteiger partial charge in [0, 0.05) is 6.54 Å². The van der Waals surface area contributed by atoms with Crippen LogP contribution in [0, 0.1) is 6.92 Å². The van der Waals surface area contributed by atoms with E-state index in [0.29, 0.717) is 0 Å². The highest BCUT2D eigenvalue weighted by Gasteiger charge is 1.99. The van der Waals surface area contributed by atoms with Crippen molar-refractivity contribution in [2.45, 2.75) is 32.6 Å². The predicted molar refractivity (Wildman–Crippen MR) is 53.0 cm³/mol. The van der Waals surface area contributed by atoms with Gasteiger partial charge in [0.2, 0.25) is 0 Å². The van der Waals surface area contributed by atoms with Crippen LogP contribution in [0.1, 0.15) is 32.6 Å². The first-order chi connectivity index (χ1) is 5.85. The van der Waals surface area contributed by atoms with Gasteiger partial charge in [0.1, 0.15) is 0 Å². The third-order valence-electron chi connectivity index (χ3n) is 2.09. The normalized spacial score (nSPS) is 11.0. The molecule has 0 saturated carbocycles. The average molecular weight is 172 g/mol. The van der Waals surface area contributed by atoms with E-state index in [2.05, 4.69) is 18.7 Å². The van der Waals surface area contributed by atoms with E-state index in [0.717, 1.165) is 26.1 Å². The summed E-state index contributed by atoms with van der Waals surface area (Å²) < 4.78 is 0. The van der Waals surface area contributed by atoms with Crippen LogP contribution in [0.4, 0.5) is 0 Å². The van der Waals surface area contributed by atoms with Crippen molar-refractivity contribution in [3.63, 3.8) is 0 Å². The lowest BCUT2D eigenvalue weighted by molar-refractivity contribution is 0.199. The van der Waals surface area contributed by atoms with E-state index < -0.39 is 0 Å². The van der Waals surface area contributed by atoms with Crippen LogP contribution in [0.15, 0.2) is 0 Å². The Labute approximate surface area is 76.6 Å². The molecule has 1 N–H and O–H groups in total. The minimum atomic E-state index is 0.281. The quantitative estimate of drug-likeness (QED) is 0.563. The maximum Gasteiger partial charge on any atom is 0.0558 e. The van der Waals surface area contributed by atoms with Crippen molar-refractivity contribution in [1.82, 2.24) is 4.90 Å². The van der Waals surface area contributed by atoms with Crippen molar-refractivity contribution in [1.29, 1.82) is 0 Å². The molecule has 0 aromatic rings. The molecule has 0 aromatic heterocycles. The first-order valence-corrected chi connectivity index (χ1v) is 4.97. The SMILES string of the molecule is [CH2]CCCCCN(CC)CCO. The van der Waals surface area contributed by atoms with E-state index >= 15 is 0 Å². The van der Waals surface area contributed by atoms with Gasteiger partial charge in [-0.05, 0) is 19.5 Å². The number of nitrogens with zero attached hydrogens (tertiary/aromatic N) is 1. The third-order valence-corrected chi connectivity index (χ3v) is 2.09. The van der Waals surface area contributed by atoms with Gasteiger partial charge in [0.05, 0.1) is 6.61 Å². The van der Waals surface area contributed by atoms with E-state index in [-0.39, 0.29) is 6.61 Å². The molecular formula is C10H22NO. The summed E-state index contributed by atoms with van der Waals surface area (Å²) in [5, 5.41) is 8.72. The molecule has 0 unspecified atom stereocenters. The fraction of sp³-hybridized carbons (Fsp3) is 0.900. The summed E-state index contributed by atoms with van der Waals surface area (Å²) in [6.45, 7) is 9.21. The molecule has 0 atom stereocenters. The fourth-order valence-electron chi connectivity index (χ4n) is 1.26. The standard InChI is InChI=1S/C10H22NO/c1-3-5-6-7-8-11(4-2)9-10-12/h12H,1,3-10H2,2H3. The lowest BCUT2D eigenvalue weighted by Crippen LogP contribution is -2.27. The molecule has 0 spiro atoms. The van der Waals surface area contributed by atoms with Crippen LogP contribution in [0.5, 0.6) is 0 Å². The first-order valence-electron chi connectivity index (χ1n) is 4.97. The Kier molecular flexibility index (Phi) is 8.95. The van der Waals surface area contributed by atoms with Crippen LogP contribution in [-0.4, -0.2) is 36.2 Å². The number of likely N-dealkylation sites (N-methyl/N-ethyl adjacent to an activating group) is 1. The molecule has 0 amide bonds. The van der Waals surface area contributed by atoms with Gasteiger partial charge >= 0.3 is 0 Å². The zero-order chi connectivity index (χ0) is 9.23.